The van der Waals surface area contributed by atoms with Crippen molar-refractivity contribution in [1.82, 2.24) is 4.98 Å². The van der Waals surface area contributed by atoms with E-state index in [1.807, 2.05) is 24.3 Å². The molecule has 1 heterocycles. The van der Waals surface area contributed by atoms with Gasteiger partial charge in [0.15, 0.2) is 5.58 Å². The fourth-order valence-electron chi connectivity index (χ4n) is 0.952. The standard InChI is InChI=1S/C8H6N2O/c9-5-8-10-6-3-1-2-4-7(6)11-8/h1-5,9H. The third-order valence-corrected chi connectivity index (χ3v) is 1.43. The maximum Gasteiger partial charge on any atom is 0.237 e. The topological polar surface area (TPSA) is 49.9 Å². The molecule has 11 heavy (non-hydrogen) atoms. The minimum Gasteiger partial charge on any atom is -0.435 e. The van der Waals surface area contributed by atoms with Crippen LogP contribution in [-0.4, -0.2) is 11.2 Å². The molecule has 0 spiro atoms. The Balaban J connectivity index is 2.78. The summed E-state index contributed by atoms with van der Waals surface area (Å²) in [6, 6.07) is 7.45. The minimum atomic E-state index is 0.353. The summed E-state index contributed by atoms with van der Waals surface area (Å²) in [5, 5.41) is 6.89. The van der Waals surface area contributed by atoms with Crippen LogP contribution in [0.5, 0.6) is 0 Å². The summed E-state index contributed by atoms with van der Waals surface area (Å²) in [5.74, 6) is 0.353. The van der Waals surface area contributed by atoms with Gasteiger partial charge in [-0.05, 0) is 12.1 Å². The Morgan fingerprint density at radius 3 is 2.91 bits per heavy atom. The monoisotopic (exact) mass is 146 g/mol. The van der Waals surface area contributed by atoms with Crippen LogP contribution < -0.4 is 0 Å². The average molecular weight is 146 g/mol. The number of hydrogen-bond donors (Lipinski definition) is 1. The van der Waals surface area contributed by atoms with E-state index in [4.69, 9.17) is 9.83 Å². The Labute approximate surface area is 63.2 Å². The van der Waals surface area contributed by atoms with Crippen molar-refractivity contribution < 1.29 is 4.42 Å². The molecule has 0 atom stereocenters. The molecule has 1 N–H and O–H groups in total. The van der Waals surface area contributed by atoms with Gasteiger partial charge in [0, 0.05) is 0 Å². The van der Waals surface area contributed by atoms with Crippen LogP contribution in [0, 0.1) is 5.41 Å². The Kier molecular flexibility index (Phi) is 1.22. The van der Waals surface area contributed by atoms with Crippen LogP contribution in [0.15, 0.2) is 28.7 Å². The lowest BCUT2D eigenvalue weighted by molar-refractivity contribution is 0.593. The van der Waals surface area contributed by atoms with E-state index in [1.165, 1.54) is 0 Å². The summed E-state index contributed by atoms with van der Waals surface area (Å²) in [7, 11) is 0. The molecule has 54 valence electrons. The largest absolute Gasteiger partial charge is 0.435 e. The molecule has 2 rings (SSSR count). The van der Waals surface area contributed by atoms with Crippen molar-refractivity contribution in [3.63, 3.8) is 0 Å². The highest BCUT2D eigenvalue weighted by Crippen LogP contribution is 2.12. The van der Waals surface area contributed by atoms with Gasteiger partial charge in [0.05, 0.1) is 6.21 Å². The third kappa shape index (κ3) is 0.902. The van der Waals surface area contributed by atoms with Crippen LogP contribution in [0.3, 0.4) is 0 Å². The van der Waals surface area contributed by atoms with Gasteiger partial charge >= 0.3 is 0 Å². The number of para-hydroxylation sites is 2. The number of fused-ring (bicyclic) bond motifs is 1. The summed E-state index contributed by atoms with van der Waals surface area (Å²) >= 11 is 0. The van der Waals surface area contributed by atoms with E-state index >= 15 is 0 Å². The molecule has 0 saturated heterocycles. The molecular formula is C8H6N2O. The minimum absolute atomic E-state index is 0.353. The number of rotatable bonds is 1. The highest BCUT2D eigenvalue weighted by atomic mass is 16.3. The number of aromatic nitrogens is 1. The summed E-state index contributed by atoms with van der Waals surface area (Å²) in [5.41, 5.74) is 1.53. The van der Waals surface area contributed by atoms with Gasteiger partial charge in [-0.15, -0.1) is 0 Å². The zero-order chi connectivity index (χ0) is 7.68. The van der Waals surface area contributed by atoms with Gasteiger partial charge in [0.25, 0.3) is 0 Å². The fraction of sp³-hybridized carbons (Fsp3) is 0. The number of nitrogens with zero attached hydrogens (tertiary/aromatic N) is 1. The SMILES string of the molecule is N=Cc1nc2ccccc2o1. The van der Waals surface area contributed by atoms with Crippen LogP contribution in [0.1, 0.15) is 5.89 Å². The normalized spacial score (nSPS) is 10.2. The molecule has 1 aromatic carbocycles. The van der Waals surface area contributed by atoms with E-state index in [2.05, 4.69) is 4.98 Å². The van der Waals surface area contributed by atoms with Gasteiger partial charge in [-0.1, -0.05) is 12.1 Å². The highest BCUT2D eigenvalue weighted by molar-refractivity contribution is 5.79. The summed E-state index contributed by atoms with van der Waals surface area (Å²) < 4.78 is 5.16. The molecule has 0 unspecified atom stereocenters. The van der Waals surface area contributed by atoms with Crippen molar-refractivity contribution in [2.75, 3.05) is 0 Å². The maximum absolute atomic E-state index is 6.89. The van der Waals surface area contributed by atoms with E-state index in [-0.39, 0.29) is 0 Å². The molecule has 0 aliphatic carbocycles. The van der Waals surface area contributed by atoms with Gasteiger partial charge in [-0.3, -0.25) is 0 Å². The molecule has 1 aromatic heterocycles. The summed E-state index contributed by atoms with van der Waals surface area (Å²) in [4.78, 5) is 4.02. The van der Waals surface area contributed by atoms with Crippen LogP contribution in [-0.2, 0) is 0 Å². The van der Waals surface area contributed by atoms with E-state index < -0.39 is 0 Å². The van der Waals surface area contributed by atoms with Crippen LogP contribution in [0.4, 0.5) is 0 Å². The van der Waals surface area contributed by atoms with Crippen molar-refractivity contribution in [3.05, 3.63) is 30.2 Å². The van der Waals surface area contributed by atoms with Crippen LogP contribution in [0.2, 0.25) is 0 Å². The van der Waals surface area contributed by atoms with Gasteiger partial charge < -0.3 is 9.83 Å². The fourth-order valence-corrected chi connectivity index (χ4v) is 0.952. The van der Waals surface area contributed by atoms with E-state index in [1.54, 1.807) is 0 Å². The number of hydrogen-bond acceptors (Lipinski definition) is 3. The number of nitrogens with one attached hydrogen (secondary N) is 1. The molecule has 0 aliphatic heterocycles. The molecule has 0 fully saturated rings. The first kappa shape index (κ1) is 6.09. The van der Waals surface area contributed by atoms with E-state index in [9.17, 15) is 0 Å². The first-order valence-corrected chi connectivity index (χ1v) is 3.26. The van der Waals surface area contributed by atoms with E-state index in [0.29, 0.717) is 5.89 Å². The van der Waals surface area contributed by atoms with Crippen molar-refractivity contribution in [2.24, 2.45) is 0 Å². The Bertz CT molecular complexity index is 359. The second kappa shape index (κ2) is 2.20. The lowest BCUT2D eigenvalue weighted by atomic mass is 10.3. The highest BCUT2D eigenvalue weighted by Gasteiger charge is 1.99. The third-order valence-electron chi connectivity index (χ3n) is 1.43. The van der Waals surface area contributed by atoms with Crippen molar-refractivity contribution in [3.8, 4) is 0 Å². The zero-order valence-corrected chi connectivity index (χ0v) is 5.74. The van der Waals surface area contributed by atoms with Crippen LogP contribution in [0.25, 0.3) is 11.1 Å². The predicted octanol–water partition coefficient (Wildman–Crippen LogP) is 1.83. The Morgan fingerprint density at radius 2 is 2.18 bits per heavy atom. The molecule has 0 bridgehead atoms. The van der Waals surface area contributed by atoms with Gasteiger partial charge in [0.1, 0.15) is 5.52 Å². The Morgan fingerprint density at radius 1 is 1.36 bits per heavy atom. The maximum atomic E-state index is 6.89. The smallest absolute Gasteiger partial charge is 0.237 e. The van der Waals surface area contributed by atoms with Crippen molar-refractivity contribution in [2.45, 2.75) is 0 Å². The van der Waals surface area contributed by atoms with Gasteiger partial charge in [-0.25, -0.2) is 4.98 Å². The molecule has 0 aliphatic rings. The molecule has 0 radical (unpaired) electrons. The molecular weight excluding hydrogens is 140 g/mol. The second-order valence-corrected chi connectivity index (χ2v) is 2.16. The molecule has 3 heteroatoms. The van der Waals surface area contributed by atoms with Crippen LogP contribution >= 0.6 is 0 Å². The summed E-state index contributed by atoms with van der Waals surface area (Å²) in [6.07, 6.45) is 1.10. The first-order chi connectivity index (χ1) is 5.40. The second-order valence-electron chi connectivity index (χ2n) is 2.16. The molecule has 0 amide bonds. The number of benzene rings is 1. The van der Waals surface area contributed by atoms with Gasteiger partial charge in [-0.2, -0.15) is 0 Å². The Hall–Kier alpha value is -1.64. The first-order valence-electron chi connectivity index (χ1n) is 3.26. The van der Waals surface area contributed by atoms with Gasteiger partial charge in [0.2, 0.25) is 5.89 Å². The predicted molar refractivity (Wildman–Crippen MR) is 41.9 cm³/mol. The van der Waals surface area contributed by atoms with Crippen molar-refractivity contribution >= 4 is 17.3 Å². The zero-order valence-electron chi connectivity index (χ0n) is 5.74. The van der Waals surface area contributed by atoms with Crippen molar-refractivity contribution in [1.29, 1.82) is 5.41 Å². The molecule has 0 saturated carbocycles. The lowest BCUT2D eigenvalue weighted by Crippen LogP contribution is -1.74. The number of oxazole rings is 1. The molecule has 3 nitrogen and oxygen atoms in total. The van der Waals surface area contributed by atoms with E-state index in [0.717, 1.165) is 17.3 Å². The summed E-state index contributed by atoms with van der Waals surface area (Å²) in [6.45, 7) is 0. The lowest BCUT2D eigenvalue weighted by Gasteiger charge is -1.79. The average Bonchev–Trinajstić information content (AvgIpc) is 2.46. The quantitative estimate of drug-likeness (QED) is 0.624. The molecule has 2 aromatic rings.